The minimum absolute atomic E-state index is 0.0194. The van der Waals surface area contributed by atoms with E-state index in [-0.39, 0.29) is 13.4 Å². The van der Waals surface area contributed by atoms with Crippen LogP contribution in [0.5, 0.6) is 0 Å². The van der Waals surface area contributed by atoms with Crippen LogP contribution in [0.25, 0.3) is 82.5 Å². The van der Waals surface area contributed by atoms with Crippen LogP contribution >= 0.6 is 0 Å². The van der Waals surface area contributed by atoms with Crippen molar-refractivity contribution >= 4 is 112 Å². The Bertz CT molecular complexity index is 3770. The minimum Gasteiger partial charge on any atom is -0.311 e. The third-order valence-corrected chi connectivity index (χ3v) is 15.3. The van der Waals surface area contributed by atoms with Crippen molar-refractivity contribution in [1.82, 2.24) is 13.7 Å². The fraction of sp³-hybridized carbons (Fsp3) is 0.100. The maximum atomic E-state index is 2.75. The van der Waals surface area contributed by atoms with Gasteiger partial charge in [0.25, 0.3) is 0 Å². The van der Waals surface area contributed by atoms with Crippen molar-refractivity contribution in [3.63, 3.8) is 0 Å². The maximum absolute atomic E-state index is 2.75. The van der Waals surface area contributed by atoms with E-state index in [0.29, 0.717) is 0 Å². The van der Waals surface area contributed by atoms with Gasteiger partial charge in [-0.05, 0) is 99.8 Å². The molecule has 14 rings (SSSR count). The summed E-state index contributed by atoms with van der Waals surface area (Å²) in [5.41, 5.74) is 27.7. The van der Waals surface area contributed by atoms with Crippen LogP contribution in [-0.2, 0) is 0 Å². The van der Waals surface area contributed by atoms with E-state index in [0.717, 1.165) is 0 Å². The number of benzene rings is 9. The molecule has 0 saturated carbocycles. The summed E-state index contributed by atoms with van der Waals surface area (Å²) < 4.78 is 7.90. The Kier molecular flexibility index (Phi) is 7.42. The molecule has 0 spiro atoms. The first-order valence-corrected chi connectivity index (χ1v) is 23.2. The van der Waals surface area contributed by atoms with Gasteiger partial charge in [0.1, 0.15) is 0 Å². The Labute approximate surface area is 379 Å². The molecule has 9 aromatic carbocycles. The summed E-state index contributed by atoms with van der Waals surface area (Å²) in [6, 6.07) is 62.4. The van der Waals surface area contributed by atoms with E-state index in [1.54, 1.807) is 0 Å². The van der Waals surface area contributed by atoms with Gasteiger partial charge in [0.15, 0.2) is 0 Å². The Morgan fingerprint density at radius 1 is 0.323 bits per heavy atom. The van der Waals surface area contributed by atoms with E-state index < -0.39 is 0 Å². The van der Waals surface area contributed by atoms with E-state index in [4.69, 9.17) is 0 Å². The van der Waals surface area contributed by atoms with Gasteiger partial charge in [-0.15, -0.1) is 0 Å². The summed E-state index contributed by atoms with van der Waals surface area (Å²) in [5.74, 6) is 0. The molecular formula is C60H45B2N3. The molecule has 0 N–H and O–H groups in total. The van der Waals surface area contributed by atoms with Crippen LogP contribution in [0.4, 0.5) is 0 Å². The van der Waals surface area contributed by atoms with Gasteiger partial charge < -0.3 is 13.7 Å². The average molecular weight is 830 g/mol. The van der Waals surface area contributed by atoms with Crippen LogP contribution in [0.2, 0.25) is 0 Å². The number of aryl methyl sites for hydroxylation is 6. The van der Waals surface area contributed by atoms with Crippen LogP contribution in [0.15, 0.2) is 164 Å². The molecule has 0 unspecified atom stereocenters. The third-order valence-electron chi connectivity index (χ3n) is 15.3. The second kappa shape index (κ2) is 13.1. The van der Waals surface area contributed by atoms with Crippen molar-refractivity contribution in [2.75, 3.05) is 0 Å². The first-order chi connectivity index (χ1) is 31.8. The monoisotopic (exact) mass is 829 g/mol. The average Bonchev–Trinajstić information content (AvgIpc) is 3.95. The largest absolute Gasteiger partial charge is 0.311 e. The summed E-state index contributed by atoms with van der Waals surface area (Å²) in [6.45, 7) is 13.9. The quantitative estimate of drug-likeness (QED) is 0.157. The van der Waals surface area contributed by atoms with E-state index in [2.05, 4.69) is 219 Å². The smallest absolute Gasteiger partial charge is 0.247 e. The summed E-state index contributed by atoms with van der Waals surface area (Å²) in [6.07, 6.45) is 0. The van der Waals surface area contributed by atoms with Gasteiger partial charge in [-0.2, -0.15) is 0 Å². The van der Waals surface area contributed by atoms with Gasteiger partial charge >= 0.3 is 0 Å². The van der Waals surface area contributed by atoms with E-state index in [1.165, 1.54) is 149 Å². The number of aromatic nitrogens is 3. The van der Waals surface area contributed by atoms with Crippen LogP contribution in [0.1, 0.15) is 33.4 Å². The second-order valence-electron chi connectivity index (χ2n) is 19.2. The molecule has 0 saturated heterocycles. The molecule has 3 nitrogen and oxygen atoms in total. The number of para-hydroxylation sites is 5. The molecule has 306 valence electrons. The zero-order chi connectivity index (χ0) is 43.6. The fourth-order valence-corrected chi connectivity index (χ4v) is 13.3. The number of fused-ring (bicyclic) bond motifs is 9. The van der Waals surface area contributed by atoms with Crippen LogP contribution in [0.3, 0.4) is 0 Å². The SMILES string of the molecule is Cc1cc(C)c(B2c3cccc4c3-n3c5c2cc2c6ccccc6n(-c6ccccc6)c2c5c2c3c(cc3c5ccccc5n(-c5ccccc5)c32)B4c2c(C)cc(C)cc2C)c(C)c1. The normalized spacial score (nSPS) is 13.0. The number of hydrogen-bond donors (Lipinski definition) is 0. The highest BCUT2D eigenvalue weighted by molar-refractivity contribution is 7.02. The van der Waals surface area contributed by atoms with Gasteiger partial charge in [0.2, 0.25) is 13.4 Å². The molecule has 3 aromatic heterocycles. The lowest BCUT2D eigenvalue weighted by atomic mass is 9.30. The highest BCUT2D eigenvalue weighted by Crippen LogP contribution is 2.47. The number of hydrogen-bond acceptors (Lipinski definition) is 0. The molecule has 12 aromatic rings. The zero-order valence-electron chi connectivity index (χ0n) is 37.6. The van der Waals surface area contributed by atoms with E-state index >= 15 is 0 Å². The zero-order valence-corrected chi connectivity index (χ0v) is 37.6. The lowest BCUT2D eigenvalue weighted by molar-refractivity contribution is 1.18. The van der Waals surface area contributed by atoms with Crippen molar-refractivity contribution in [3.05, 3.63) is 197 Å². The minimum atomic E-state index is 0.0194. The Morgan fingerprint density at radius 2 is 0.708 bits per heavy atom. The highest BCUT2D eigenvalue weighted by atomic mass is 15.0. The second-order valence-corrected chi connectivity index (χ2v) is 19.2. The topological polar surface area (TPSA) is 14.8 Å². The first-order valence-electron chi connectivity index (χ1n) is 23.2. The molecule has 5 heteroatoms. The van der Waals surface area contributed by atoms with Gasteiger partial charge in [-0.1, -0.05) is 172 Å². The molecule has 0 aliphatic carbocycles. The Morgan fingerprint density at radius 3 is 1.12 bits per heavy atom. The van der Waals surface area contributed by atoms with Crippen molar-refractivity contribution in [2.24, 2.45) is 0 Å². The van der Waals surface area contributed by atoms with Crippen LogP contribution in [-0.4, -0.2) is 27.1 Å². The van der Waals surface area contributed by atoms with Crippen molar-refractivity contribution in [3.8, 4) is 17.1 Å². The van der Waals surface area contributed by atoms with Crippen molar-refractivity contribution in [1.29, 1.82) is 0 Å². The molecule has 0 fully saturated rings. The summed E-state index contributed by atoms with van der Waals surface area (Å²) >= 11 is 0. The van der Waals surface area contributed by atoms with Crippen molar-refractivity contribution < 1.29 is 0 Å². The summed E-state index contributed by atoms with van der Waals surface area (Å²) in [5, 5.41) is 7.78. The molecule has 5 heterocycles. The van der Waals surface area contributed by atoms with Gasteiger partial charge in [-0.25, -0.2) is 0 Å². The van der Waals surface area contributed by atoms with E-state index in [9.17, 15) is 0 Å². The predicted molar refractivity (Wildman–Crippen MR) is 280 cm³/mol. The van der Waals surface area contributed by atoms with Crippen LogP contribution < -0.4 is 32.8 Å². The molecule has 0 radical (unpaired) electrons. The number of rotatable bonds is 4. The van der Waals surface area contributed by atoms with Gasteiger partial charge in [0.05, 0.1) is 33.1 Å². The molecule has 0 amide bonds. The van der Waals surface area contributed by atoms with Gasteiger partial charge in [-0.3, -0.25) is 0 Å². The molecule has 2 aliphatic heterocycles. The standard InChI is InChI=1S/C60H45B2N3/c1-34-28-36(3)54(37(4)29-34)61-46-24-17-25-47-58(46)65-59-48(61)32-44-42-22-13-15-26-50(42)63(40-18-9-7-10-19-40)56(44)52(59)53-57-45(43-23-14-16-27-51(43)64(57)41-20-11-8-12-21-41)33-49(60(53)65)62(47)55-38(5)30-35(2)31-39(55)6/h7-33H,1-6H3. The Balaban J connectivity index is 1.34. The Hall–Kier alpha value is -7.49. The number of nitrogens with zero attached hydrogens (tertiary/aromatic N) is 3. The maximum Gasteiger partial charge on any atom is 0.247 e. The molecular weight excluding hydrogens is 784 g/mol. The summed E-state index contributed by atoms with van der Waals surface area (Å²) in [7, 11) is 0. The fourth-order valence-electron chi connectivity index (χ4n) is 13.3. The van der Waals surface area contributed by atoms with E-state index in [1.807, 2.05) is 0 Å². The predicted octanol–water partition coefficient (Wildman–Crippen LogP) is 10.5. The molecule has 0 atom stereocenters. The highest BCUT2D eigenvalue weighted by Gasteiger charge is 2.44. The molecule has 0 bridgehead atoms. The molecule has 65 heavy (non-hydrogen) atoms. The van der Waals surface area contributed by atoms with Crippen molar-refractivity contribution in [2.45, 2.75) is 41.5 Å². The third kappa shape index (κ3) is 4.73. The summed E-state index contributed by atoms with van der Waals surface area (Å²) in [4.78, 5) is 0. The van der Waals surface area contributed by atoms with Gasteiger partial charge in [0, 0.05) is 49.4 Å². The lowest BCUT2D eigenvalue weighted by Gasteiger charge is -2.36. The lowest BCUT2D eigenvalue weighted by Crippen LogP contribution is -2.64. The first kappa shape index (κ1) is 36.9. The molecule has 2 aliphatic rings. The van der Waals surface area contributed by atoms with Crippen LogP contribution in [0, 0.1) is 41.5 Å².